The van der Waals surface area contributed by atoms with Crippen LogP contribution in [-0.4, -0.2) is 44.2 Å². The summed E-state index contributed by atoms with van der Waals surface area (Å²) in [5.41, 5.74) is 0.506. The first-order valence-corrected chi connectivity index (χ1v) is 8.97. The topological polar surface area (TPSA) is 150 Å². The molecule has 0 aliphatic rings. The highest BCUT2D eigenvalue weighted by atomic mass is 32.3. The number of benzene rings is 2. The molecule has 23 heavy (non-hydrogen) atoms. The van der Waals surface area contributed by atoms with E-state index in [2.05, 4.69) is 9.50 Å². The smallest absolute Gasteiger partial charge is 0.397 e. The van der Waals surface area contributed by atoms with Gasteiger partial charge in [0.05, 0.1) is 11.5 Å². The molecule has 9 nitrogen and oxygen atoms in total. The van der Waals surface area contributed by atoms with Crippen molar-refractivity contribution in [2.24, 2.45) is 0 Å². The van der Waals surface area contributed by atoms with Crippen LogP contribution in [0.25, 0.3) is 10.8 Å². The molecule has 0 heterocycles. The van der Waals surface area contributed by atoms with E-state index in [9.17, 15) is 21.9 Å². The lowest BCUT2D eigenvalue weighted by Crippen LogP contribution is -2.13. The third kappa shape index (κ3) is 4.77. The van der Waals surface area contributed by atoms with Gasteiger partial charge in [-0.3, -0.25) is 9.11 Å². The van der Waals surface area contributed by atoms with Crippen molar-refractivity contribution in [1.82, 2.24) is 0 Å². The first-order chi connectivity index (χ1) is 10.6. The molecule has 11 heteroatoms. The molecule has 2 aromatic carbocycles. The monoisotopic (exact) mass is 363 g/mol. The van der Waals surface area contributed by atoms with Crippen molar-refractivity contribution >= 4 is 37.0 Å². The summed E-state index contributed by atoms with van der Waals surface area (Å²) in [5.74, 6) is -0.340. The van der Waals surface area contributed by atoms with E-state index in [0.717, 1.165) is 6.07 Å². The van der Waals surface area contributed by atoms with Gasteiger partial charge in [0, 0.05) is 23.7 Å². The average molecular weight is 363 g/mol. The number of hydrogen-bond donors (Lipinski definition) is 4. The largest absolute Gasteiger partial charge is 0.507 e. The van der Waals surface area contributed by atoms with Gasteiger partial charge in [0.2, 0.25) is 0 Å². The summed E-state index contributed by atoms with van der Waals surface area (Å²) in [4.78, 5) is -0.426. The van der Waals surface area contributed by atoms with Gasteiger partial charge in [-0.1, -0.05) is 6.07 Å². The Labute approximate surface area is 132 Å². The number of phenols is 1. The van der Waals surface area contributed by atoms with Crippen molar-refractivity contribution in [1.29, 1.82) is 0 Å². The molecule has 4 N–H and O–H groups in total. The van der Waals surface area contributed by atoms with Crippen LogP contribution in [-0.2, 0) is 24.7 Å². The number of fused-ring (bicyclic) bond motifs is 1. The van der Waals surface area contributed by atoms with Crippen molar-refractivity contribution < 1.29 is 35.2 Å². The van der Waals surface area contributed by atoms with Crippen LogP contribution in [0, 0.1) is 0 Å². The van der Waals surface area contributed by atoms with Crippen molar-refractivity contribution in [3.8, 4) is 5.75 Å². The SMILES string of the molecule is O=S(=O)(O)OCCNc1ccc2cc(S(=O)(=O)O)cc(O)c2c1. The van der Waals surface area contributed by atoms with Crippen LogP contribution in [0.3, 0.4) is 0 Å². The summed E-state index contributed by atoms with van der Waals surface area (Å²) < 4.78 is 64.5. The predicted octanol–water partition coefficient (Wildman–Crippen LogP) is 1.02. The van der Waals surface area contributed by atoms with Gasteiger partial charge in [0.25, 0.3) is 10.1 Å². The number of nitrogens with one attached hydrogen (secondary N) is 1. The van der Waals surface area contributed by atoms with Gasteiger partial charge >= 0.3 is 10.4 Å². The zero-order valence-electron chi connectivity index (χ0n) is 11.5. The van der Waals surface area contributed by atoms with Gasteiger partial charge in [0.1, 0.15) is 5.75 Å². The van der Waals surface area contributed by atoms with Crippen LogP contribution in [0.5, 0.6) is 5.75 Å². The summed E-state index contributed by atoms with van der Waals surface area (Å²) in [6.45, 7) is -0.236. The maximum atomic E-state index is 11.1. The number of anilines is 1. The maximum absolute atomic E-state index is 11.1. The van der Waals surface area contributed by atoms with Crippen LogP contribution < -0.4 is 5.32 Å². The molecule has 0 aromatic heterocycles. The molecule has 0 saturated carbocycles. The molecular formula is C12H13NO8S2. The fraction of sp³-hybridized carbons (Fsp3) is 0.167. The Morgan fingerprint density at radius 3 is 2.35 bits per heavy atom. The predicted molar refractivity (Wildman–Crippen MR) is 81.4 cm³/mol. The number of hydrogen-bond acceptors (Lipinski definition) is 7. The Morgan fingerprint density at radius 1 is 1.04 bits per heavy atom. The van der Waals surface area contributed by atoms with E-state index in [1.807, 2.05) is 0 Å². The van der Waals surface area contributed by atoms with E-state index >= 15 is 0 Å². The van der Waals surface area contributed by atoms with Gasteiger partial charge in [-0.15, -0.1) is 0 Å². The second-order valence-corrected chi connectivity index (χ2v) is 7.04. The fourth-order valence-corrected chi connectivity index (χ4v) is 2.74. The molecule has 0 unspecified atom stereocenters. The first kappa shape index (κ1) is 17.4. The molecule has 0 saturated heterocycles. The highest BCUT2D eigenvalue weighted by Gasteiger charge is 2.13. The highest BCUT2D eigenvalue weighted by molar-refractivity contribution is 7.85. The van der Waals surface area contributed by atoms with Gasteiger partial charge in [0.15, 0.2) is 0 Å². The van der Waals surface area contributed by atoms with E-state index in [1.165, 1.54) is 18.2 Å². The number of rotatable bonds is 6. The average Bonchev–Trinajstić information content (AvgIpc) is 2.42. The van der Waals surface area contributed by atoms with Crippen LogP contribution in [0.4, 0.5) is 5.69 Å². The van der Waals surface area contributed by atoms with Gasteiger partial charge < -0.3 is 10.4 Å². The van der Waals surface area contributed by atoms with Crippen molar-refractivity contribution in [3.05, 3.63) is 30.3 Å². The molecule has 0 amide bonds. The van der Waals surface area contributed by atoms with Crippen molar-refractivity contribution in [2.45, 2.75) is 4.90 Å². The Bertz CT molecular complexity index is 937. The van der Waals surface area contributed by atoms with Crippen LogP contribution in [0.1, 0.15) is 0 Å². The zero-order valence-corrected chi connectivity index (χ0v) is 13.1. The lowest BCUT2D eigenvalue weighted by Gasteiger charge is -2.09. The third-order valence-corrected chi connectivity index (χ3v) is 4.16. The molecule has 2 aromatic rings. The fourth-order valence-electron chi connectivity index (χ4n) is 1.91. The number of phenolic OH excluding ortho intramolecular Hbond substituents is 1. The molecule has 0 aliphatic carbocycles. The summed E-state index contributed by atoms with van der Waals surface area (Å²) in [6.07, 6.45) is 0. The Morgan fingerprint density at radius 2 is 1.74 bits per heavy atom. The standard InChI is InChI=1S/C12H13NO8S2/c14-12-7-10(22(15,16)17)5-8-1-2-9(6-11(8)12)13-3-4-21-23(18,19)20/h1-2,5-7,13-14H,3-4H2,(H,15,16,17)(H,18,19,20). The molecule has 0 aliphatic heterocycles. The number of aromatic hydroxyl groups is 1. The summed E-state index contributed by atoms with van der Waals surface area (Å²) in [7, 11) is -8.93. The highest BCUT2D eigenvalue weighted by Crippen LogP contribution is 2.30. The molecule has 0 bridgehead atoms. The van der Waals surface area contributed by atoms with E-state index in [4.69, 9.17) is 9.11 Å². The second kappa shape index (κ2) is 6.29. The van der Waals surface area contributed by atoms with E-state index < -0.39 is 25.4 Å². The van der Waals surface area contributed by atoms with Crippen LogP contribution in [0.15, 0.2) is 35.2 Å². The third-order valence-electron chi connectivity index (χ3n) is 2.87. The Hall–Kier alpha value is -1.92. The minimum Gasteiger partial charge on any atom is -0.507 e. The lowest BCUT2D eigenvalue weighted by atomic mass is 10.1. The minimum atomic E-state index is -4.50. The lowest BCUT2D eigenvalue weighted by molar-refractivity contribution is 0.278. The molecule has 126 valence electrons. The summed E-state index contributed by atoms with van der Waals surface area (Å²) in [5, 5.41) is 13.4. The van der Waals surface area contributed by atoms with Crippen molar-refractivity contribution in [3.63, 3.8) is 0 Å². The molecule has 0 spiro atoms. The van der Waals surface area contributed by atoms with E-state index in [-0.39, 0.29) is 18.9 Å². The quantitative estimate of drug-likeness (QED) is 0.435. The van der Waals surface area contributed by atoms with Gasteiger partial charge in [-0.05, 0) is 23.6 Å². The normalized spacial score (nSPS) is 12.4. The van der Waals surface area contributed by atoms with Gasteiger partial charge in [-0.2, -0.15) is 16.8 Å². The molecule has 0 radical (unpaired) electrons. The zero-order chi connectivity index (χ0) is 17.3. The van der Waals surface area contributed by atoms with Gasteiger partial charge in [-0.25, -0.2) is 4.18 Å². The summed E-state index contributed by atoms with van der Waals surface area (Å²) in [6, 6.07) is 6.70. The van der Waals surface area contributed by atoms with Crippen molar-refractivity contribution in [2.75, 3.05) is 18.5 Å². The van der Waals surface area contributed by atoms with E-state index in [1.54, 1.807) is 6.07 Å². The molecule has 0 atom stereocenters. The Kier molecular flexibility index (Phi) is 4.77. The second-order valence-electron chi connectivity index (χ2n) is 4.53. The van der Waals surface area contributed by atoms with E-state index in [0.29, 0.717) is 16.5 Å². The summed E-state index contributed by atoms with van der Waals surface area (Å²) >= 11 is 0. The first-order valence-electron chi connectivity index (χ1n) is 6.16. The maximum Gasteiger partial charge on any atom is 0.397 e. The van der Waals surface area contributed by atoms with Crippen LogP contribution >= 0.6 is 0 Å². The minimum absolute atomic E-state index is 0.0646. The molecular weight excluding hydrogens is 350 g/mol. The Balaban J connectivity index is 2.21. The van der Waals surface area contributed by atoms with Crippen LogP contribution in [0.2, 0.25) is 0 Å². The molecule has 0 fully saturated rings. The molecule has 2 rings (SSSR count).